The van der Waals surface area contributed by atoms with Crippen molar-refractivity contribution in [2.24, 2.45) is 0 Å². The predicted molar refractivity (Wildman–Crippen MR) is 251 cm³/mol. The molecule has 294 valence electrons. The smallest absolute Gasteiger partial charge is 0.0497 e. The molecule has 6 aromatic rings. The van der Waals surface area contributed by atoms with Gasteiger partial charge in [-0.05, 0) is 160 Å². The van der Waals surface area contributed by atoms with Gasteiger partial charge in [0.2, 0.25) is 0 Å². The number of para-hydroxylation sites is 2. The van der Waals surface area contributed by atoms with Crippen molar-refractivity contribution in [3.8, 4) is 22.3 Å². The van der Waals surface area contributed by atoms with Crippen LogP contribution >= 0.6 is 0 Å². The molecule has 2 heterocycles. The van der Waals surface area contributed by atoms with Crippen LogP contribution in [0.4, 0.5) is 22.7 Å². The van der Waals surface area contributed by atoms with Crippen molar-refractivity contribution in [1.29, 1.82) is 0 Å². The summed E-state index contributed by atoms with van der Waals surface area (Å²) in [6, 6.07) is 47.6. The predicted octanol–water partition coefficient (Wildman–Crippen LogP) is 15.1. The van der Waals surface area contributed by atoms with E-state index in [1.165, 1.54) is 143 Å². The SMILES string of the molecule is C1=CC2=C(CC1)N(c1ccc3c(c1)C1(CCCC1)c1cc(/C=C/c4ccc5c(c4)C4(CCCC4)c4cc(N6c7ccccc7Cc7ccccc76)ccc4-5)ccc1-3)CCC2. The van der Waals surface area contributed by atoms with E-state index in [1.807, 2.05) is 0 Å². The molecule has 7 aliphatic rings. The normalized spacial score (nSPS) is 19.7. The van der Waals surface area contributed by atoms with Crippen molar-refractivity contribution in [2.75, 3.05) is 16.3 Å². The maximum atomic E-state index is 2.67. The van der Waals surface area contributed by atoms with Crippen molar-refractivity contribution in [3.63, 3.8) is 0 Å². The molecule has 2 nitrogen and oxygen atoms in total. The van der Waals surface area contributed by atoms with Gasteiger partial charge in [0.1, 0.15) is 0 Å². The molecule has 6 aromatic carbocycles. The maximum absolute atomic E-state index is 2.67. The Morgan fingerprint density at radius 1 is 0.483 bits per heavy atom. The van der Waals surface area contributed by atoms with Gasteiger partial charge in [0.25, 0.3) is 0 Å². The summed E-state index contributed by atoms with van der Waals surface area (Å²) in [4.78, 5) is 5.19. The van der Waals surface area contributed by atoms with E-state index < -0.39 is 0 Å². The fourth-order valence-corrected chi connectivity index (χ4v) is 13.2. The van der Waals surface area contributed by atoms with Gasteiger partial charge in [0, 0.05) is 52.2 Å². The van der Waals surface area contributed by atoms with E-state index in [0.29, 0.717) is 0 Å². The summed E-state index contributed by atoms with van der Waals surface area (Å²) in [6.07, 6.45) is 25.5. The topological polar surface area (TPSA) is 6.48 Å². The van der Waals surface area contributed by atoms with Crippen LogP contribution in [-0.2, 0) is 17.3 Å². The highest BCUT2D eigenvalue weighted by atomic mass is 15.2. The summed E-state index contributed by atoms with van der Waals surface area (Å²) in [6.45, 7) is 1.14. The largest absolute Gasteiger partial charge is 0.345 e. The van der Waals surface area contributed by atoms with Crippen LogP contribution in [0.5, 0.6) is 0 Å². The molecule has 0 unspecified atom stereocenters. The Morgan fingerprint density at radius 2 is 1.00 bits per heavy atom. The second-order valence-electron chi connectivity index (χ2n) is 18.9. The van der Waals surface area contributed by atoms with Crippen LogP contribution in [0.15, 0.2) is 145 Å². The van der Waals surface area contributed by atoms with Crippen LogP contribution < -0.4 is 9.80 Å². The Bertz CT molecular complexity index is 2810. The lowest BCUT2D eigenvalue weighted by atomic mass is 9.76. The van der Waals surface area contributed by atoms with E-state index in [9.17, 15) is 0 Å². The molecule has 0 bridgehead atoms. The first kappa shape index (κ1) is 34.9. The molecule has 5 aliphatic carbocycles. The molecule has 0 aromatic heterocycles. The van der Waals surface area contributed by atoms with E-state index >= 15 is 0 Å². The number of hydrogen-bond donors (Lipinski definition) is 0. The number of anilines is 4. The van der Waals surface area contributed by atoms with Crippen LogP contribution in [0.2, 0.25) is 0 Å². The minimum atomic E-state index is 0.0758. The number of allylic oxidation sites excluding steroid dienone is 4. The van der Waals surface area contributed by atoms with Gasteiger partial charge in [-0.1, -0.05) is 135 Å². The second kappa shape index (κ2) is 13.3. The van der Waals surface area contributed by atoms with Gasteiger partial charge in [-0.15, -0.1) is 0 Å². The molecule has 2 spiro atoms. The summed E-state index contributed by atoms with van der Waals surface area (Å²) in [5.74, 6) is 0. The minimum absolute atomic E-state index is 0.0758. The van der Waals surface area contributed by atoms with Crippen molar-refractivity contribution in [2.45, 2.75) is 94.3 Å². The number of nitrogens with zero attached hydrogens (tertiary/aromatic N) is 2. The summed E-state index contributed by atoms with van der Waals surface area (Å²) in [5, 5.41) is 0. The number of hydrogen-bond acceptors (Lipinski definition) is 2. The Hall–Kier alpha value is -5.86. The molecule has 60 heavy (non-hydrogen) atoms. The molecule has 0 saturated heterocycles. The van der Waals surface area contributed by atoms with E-state index in [-0.39, 0.29) is 10.8 Å². The maximum Gasteiger partial charge on any atom is 0.0497 e. The van der Waals surface area contributed by atoms with Crippen molar-refractivity contribution in [3.05, 3.63) is 189 Å². The van der Waals surface area contributed by atoms with Gasteiger partial charge >= 0.3 is 0 Å². The summed E-state index contributed by atoms with van der Waals surface area (Å²) >= 11 is 0. The molecule has 0 amide bonds. The Labute approximate surface area is 355 Å². The zero-order valence-corrected chi connectivity index (χ0v) is 34.7. The fourth-order valence-electron chi connectivity index (χ4n) is 13.2. The quantitative estimate of drug-likeness (QED) is 0.164. The average Bonchev–Trinajstić information content (AvgIpc) is 4.11. The number of rotatable bonds is 4. The number of benzene rings is 6. The molecule has 2 fully saturated rings. The van der Waals surface area contributed by atoms with Gasteiger partial charge in [-0.3, -0.25) is 0 Å². The van der Waals surface area contributed by atoms with Crippen LogP contribution in [-0.4, -0.2) is 6.54 Å². The van der Waals surface area contributed by atoms with Gasteiger partial charge in [-0.2, -0.15) is 0 Å². The highest BCUT2D eigenvalue weighted by Crippen LogP contribution is 2.60. The van der Waals surface area contributed by atoms with Crippen LogP contribution in [0, 0.1) is 0 Å². The Balaban J connectivity index is 0.834. The van der Waals surface area contributed by atoms with Crippen molar-refractivity contribution >= 4 is 34.9 Å². The van der Waals surface area contributed by atoms with E-state index in [0.717, 1.165) is 19.4 Å². The molecule has 0 atom stereocenters. The first-order chi connectivity index (χ1) is 29.7. The zero-order chi connectivity index (χ0) is 39.4. The molecule has 0 radical (unpaired) electrons. The summed E-state index contributed by atoms with van der Waals surface area (Å²) in [5.41, 5.74) is 26.1. The highest BCUT2D eigenvalue weighted by molar-refractivity contribution is 5.90. The molecule has 0 N–H and O–H groups in total. The molecule has 13 rings (SSSR count). The fraction of sp³-hybridized carbons (Fsp3) is 0.276. The molecular weight excluding hydrogens is 725 g/mol. The molecule has 2 heteroatoms. The van der Waals surface area contributed by atoms with Gasteiger partial charge in [-0.25, -0.2) is 0 Å². The van der Waals surface area contributed by atoms with Gasteiger partial charge < -0.3 is 9.80 Å². The first-order valence-electron chi connectivity index (χ1n) is 23.1. The third-order valence-electron chi connectivity index (χ3n) is 15.9. The second-order valence-corrected chi connectivity index (χ2v) is 18.9. The third-order valence-corrected chi connectivity index (χ3v) is 15.9. The van der Waals surface area contributed by atoms with E-state index in [1.54, 1.807) is 28.0 Å². The standard InChI is InChI=1S/C58H52N2/c1-4-16-54-41(12-1)15-11-33-59(54)44-23-27-48-46-25-21-39(34-50(46)57(52(48)37-44)29-7-8-30-57)19-20-40-22-26-47-49-28-24-45(38-53(49)58(51(47)35-40)31-9-10-32-58)60-55-17-5-2-13-42(55)36-43-14-3-6-18-56(43)60/h1-3,5-6,12-14,17-28,34-35,37-38H,4,7-11,15-16,29-33,36H2/b20-19+. The van der Waals surface area contributed by atoms with Crippen molar-refractivity contribution < 1.29 is 0 Å². The van der Waals surface area contributed by atoms with Gasteiger partial charge in [0.15, 0.2) is 0 Å². The molecule has 2 aliphatic heterocycles. The number of fused-ring (bicyclic) bond motifs is 12. The lowest BCUT2D eigenvalue weighted by molar-refractivity contribution is 0.549. The Morgan fingerprint density at radius 3 is 1.60 bits per heavy atom. The lowest BCUT2D eigenvalue weighted by Crippen LogP contribution is -2.30. The third kappa shape index (κ3) is 5.06. The minimum Gasteiger partial charge on any atom is -0.345 e. The lowest BCUT2D eigenvalue weighted by Gasteiger charge is -2.36. The summed E-state index contributed by atoms with van der Waals surface area (Å²) in [7, 11) is 0. The Kier molecular flexibility index (Phi) is 7.76. The summed E-state index contributed by atoms with van der Waals surface area (Å²) < 4.78 is 0. The average molecular weight is 777 g/mol. The van der Waals surface area contributed by atoms with E-state index in [2.05, 4.69) is 155 Å². The molecule has 2 saturated carbocycles. The first-order valence-corrected chi connectivity index (χ1v) is 23.1. The van der Waals surface area contributed by atoms with Gasteiger partial charge in [0.05, 0.1) is 0 Å². The highest BCUT2D eigenvalue weighted by Gasteiger charge is 2.47. The molecular formula is C58H52N2. The van der Waals surface area contributed by atoms with E-state index in [4.69, 9.17) is 0 Å². The van der Waals surface area contributed by atoms with Crippen LogP contribution in [0.1, 0.15) is 122 Å². The van der Waals surface area contributed by atoms with Crippen LogP contribution in [0.25, 0.3) is 34.4 Å². The van der Waals surface area contributed by atoms with Crippen molar-refractivity contribution in [1.82, 2.24) is 0 Å². The monoisotopic (exact) mass is 776 g/mol. The zero-order valence-electron chi connectivity index (χ0n) is 34.7. The van der Waals surface area contributed by atoms with Crippen LogP contribution in [0.3, 0.4) is 0 Å².